The predicted octanol–water partition coefficient (Wildman–Crippen LogP) is 2.71. The Morgan fingerprint density at radius 2 is 2.18 bits per heavy atom. The number of benzene rings is 1. The van der Waals surface area contributed by atoms with Crippen molar-refractivity contribution in [2.75, 3.05) is 41.3 Å². The van der Waals surface area contributed by atoms with Crippen LogP contribution in [0.2, 0.25) is 0 Å². The molecule has 0 radical (unpaired) electrons. The summed E-state index contributed by atoms with van der Waals surface area (Å²) in [5.41, 5.74) is 1.98. The Balaban J connectivity index is 1.64. The van der Waals surface area contributed by atoms with Crippen molar-refractivity contribution in [3.8, 4) is 6.07 Å². The van der Waals surface area contributed by atoms with Crippen LogP contribution in [0.3, 0.4) is 0 Å². The second-order valence-corrected chi connectivity index (χ2v) is 7.17. The fraction of sp³-hybridized carbons (Fsp3) is 0.421. The summed E-state index contributed by atoms with van der Waals surface area (Å²) in [6.07, 6.45) is 1.98. The number of hydrogen-bond donors (Lipinski definition) is 1. The number of ether oxygens (including phenoxy) is 1. The van der Waals surface area contributed by atoms with Crippen molar-refractivity contribution >= 4 is 39.3 Å². The first-order valence-electron chi connectivity index (χ1n) is 8.94. The third-order valence-corrected chi connectivity index (χ3v) is 5.29. The summed E-state index contributed by atoms with van der Waals surface area (Å²) in [6.45, 7) is 1.74. The highest BCUT2D eigenvalue weighted by molar-refractivity contribution is 9.09. The third-order valence-electron chi connectivity index (χ3n) is 4.78. The van der Waals surface area contributed by atoms with E-state index in [0.29, 0.717) is 24.5 Å². The number of rotatable bonds is 5. The Labute approximate surface area is 170 Å². The van der Waals surface area contributed by atoms with Gasteiger partial charge in [-0.3, -0.25) is 9.69 Å². The van der Waals surface area contributed by atoms with Crippen LogP contribution in [-0.2, 0) is 9.53 Å². The van der Waals surface area contributed by atoms with Crippen molar-refractivity contribution in [1.29, 1.82) is 5.26 Å². The molecule has 7 nitrogen and oxygen atoms in total. The minimum atomic E-state index is -0.561. The van der Waals surface area contributed by atoms with Gasteiger partial charge in [0.1, 0.15) is 11.9 Å². The first-order valence-corrected chi connectivity index (χ1v) is 10.1. The van der Waals surface area contributed by atoms with Gasteiger partial charge >= 0.3 is 6.09 Å². The molecule has 0 bridgehead atoms. The van der Waals surface area contributed by atoms with Gasteiger partial charge in [-0.15, -0.1) is 0 Å². The van der Waals surface area contributed by atoms with E-state index in [0.717, 1.165) is 18.4 Å². The lowest BCUT2D eigenvalue weighted by atomic mass is 10.0. The molecule has 2 heterocycles. The molecular formula is C19H20BrFN4O3. The lowest BCUT2D eigenvalue weighted by molar-refractivity contribution is -0.118. The minimum absolute atomic E-state index is 0.175. The summed E-state index contributed by atoms with van der Waals surface area (Å²) in [5.74, 6) is -0.603. The molecular weight excluding hydrogens is 431 g/mol. The average molecular weight is 451 g/mol. The van der Waals surface area contributed by atoms with Crippen molar-refractivity contribution < 1.29 is 18.7 Å². The van der Waals surface area contributed by atoms with Gasteiger partial charge in [0.2, 0.25) is 5.91 Å². The number of amides is 2. The van der Waals surface area contributed by atoms with E-state index in [1.54, 1.807) is 18.2 Å². The van der Waals surface area contributed by atoms with Gasteiger partial charge in [-0.2, -0.15) is 5.26 Å². The number of hydrogen-bond acceptors (Lipinski definition) is 5. The fourth-order valence-corrected chi connectivity index (χ4v) is 3.50. The summed E-state index contributed by atoms with van der Waals surface area (Å²) >= 11 is 3.05. The molecule has 1 atom stereocenters. The lowest BCUT2D eigenvalue weighted by Crippen LogP contribution is -2.35. The average Bonchev–Trinajstić information content (AvgIpc) is 3.07. The van der Waals surface area contributed by atoms with Crippen LogP contribution in [0.25, 0.3) is 0 Å². The van der Waals surface area contributed by atoms with E-state index >= 15 is 0 Å². The summed E-state index contributed by atoms with van der Waals surface area (Å²) in [7, 11) is 0. The fourth-order valence-electron chi connectivity index (χ4n) is 3.30. The highest BCUT2D eigenvalue weighted by Gasteiger charge is 2.33. The molecule has 1 unspecified atom stereocenters. The third kappa shape index (κ3) is 4.62. The number of cyclic esters (lactones) is 1. The normalized spacial score (nSPS) is 19.2. The molecule has 1 N–H and O–H groups in total. The van der Waals surface area contributed by atoms with E-state index in [-0.39, 0.29) is 24.3 Å². The zero-order chi connectivity index (χ0) is 20.1. The number of nitriles is 1. The van der Waals surface area contributed by atoms with Gasteiger partial charge < -0.3 is 15.0 Å². The summed E-state index contributed by atoms with van der Waals surface area (Å²) in [5, 5.41) is 11.6. The molecule has 1 aromatic carbocycles. The monoisotopic (exact) mass is 450 g/mol. The minimum Gasteiger partial charge on any atom is -0.442 e. The van der Waals surface area contributed by atoms with Gasteiger partial charge in [-0.25, -0.2) is 9.18 Å². The van der Waals surface area contributed by atoms with Crippen LogP contribution in [0.1, 0.15) is 12.8 Å². The van der Waals surface area contributed by atoms with E-state index in [1.165, 1.54) is 11.0 Å². The molecule has 9 heteroatoms. The molecule has 2 amide bonds. The number of anilines is 2. The summed E-state index contributed by atoms with van der Waals surface area (Å²) in [4.78, 5) is 26.7. The molecule has 3 rings (SSSR count). The predicted molar refractivity (Wildman–Crippen MR) is 106 cm³/mol. The first-order chi connectivity index (χ1) is 13.5. The van der Waals surface area contributed by atoms with Crippen molar-refractivity contribution in [2.24, 2.45) is 0 Å². The van der Waals surface area contributed by atoms with E-state index in [1.807, 2.05) is 11.0 Å². The highest BCUT2D eigenvalue weighted by atomic mass is 79.9. The Morgan fingerprint density at radius 3 is 2.82 bits per heavy atom. The number of nitrogens with one attached hydrogen (secondary N) is 1. The zero-order valence-electron chi connectivity index (χ0n) is 15.2. The van der Waals surface area contributed by atoms with E-state index in [2.05, 4.69) is 21.2 Å². The second kappa shape index (κ2) is 9.06. The lowest BCUT2D eigenvalue weighted by Gasteiger charge is -2.30. The number of nitrogens with zero attached hydrogens (tertiary/aromatic N) is 3. The molecule has 2 fully saturated rings. The van der Waals surface area contributed by atoms with Gasteiger partial charge in [0.25, 0.3) is 0 Å². The summed E-state index contributed by atoms with van der Waals surface area (Å²) in [6, 6.07) is 6.73. The van der Waals surface area contributed by atoms with Crippen molar-refractivity contribution in [2.45, 2.75) is 18.9 Å². The standard InChI is InChI=1S/C19H20BrFN4O3/c20-10-18(26)23-11-15-12-25(19(27)28-15)14-1-2-17(16(21)9-14)24-7-4-13(3-6-22)5-8-24/h1-3,9,15H,4-5,7-8,10-12H2,(H,23,26). The Morgan fingerprint density at radius 1 is 1.43 bits per heavy atom. The number of piperidine rings is 1. The maximum atomic E-state index is 14.7. The maximum Gasteiger partial charge on any atom is 0.414 e. The Bertz CT molecular complexity index is 829. The molecule has 0 aliphatic carbocycles. The van der Waals surface area contributed by atoms with Gasteiger partial charge in [-0.1, -0.05) is 21.5 Å². The topological polar surface area (TPSA) is 85.7 Å². The highest BCUT2D eigenvalue weighted by Crippen LogP contribution is 2.30. The molecule has 0 aromatic heterocycles. The second-order valence-electron chi connectivity index (χ2n) is 6.61. The van der Waals surface area contributed by atoms with Gasteiger partial charge in [0.15, 0.2) is 0 Å². The first kappa shape index (κ1) is 20.1. The number of allylic oxidation sites excluding steroid dienone is 1. The van der Waals surface area contributed by atoms with Gasteiger partial charge in [0, 0.05) is 19.2 Å². The molecule has 2 saturated heterocycles. The van der Waals surface area contributed by atoms with Crippen molar-refractivity contribution in [3.05, 3.63) is 35.7 Å². The number of halogens is 2. The number of alkyl halides is 1. The van der Waals surface area contributed by atoms with E-state index < -0.39 is 18.0 Å². The zero-order valence-corrected chi connectivity index (χ0v) is 16.7. The molecule has 0 saturated carbocycles. The Kier molecular flexibility index (Phi) is 6.52. The van der Waals surface area contributed by atoms with Gasteiger partial charge in [0.05, 0.1) is 35.9 Å². The van der Waals surface area contributed by atoms with E-state index in [4.69, 9.17) is 10.00 Å². The number of carbonyl (C=O) groups excluding carboxylic acids is 2. The smallest absolute Gasteiger partial charge is 0.414 e. The molecule has 1 aromatic rings. The van der Waals surface area contributed by atoms with Crippen LogP contribution in [0.15, 0.2) is 29.8 Å². The van der Waals surface area contributed by atoms with Crippen LogP contribution < -0.4 is 15.1 Å². The maximum absolute atomic E-state index is 14.7. The van der Waals surface area contributed by atoms with Crippen molar-refractivity contribution in [3.63, 3.8) is 0 Å². The van der Waals surface area contributed by atoms with Crippen LogP contribution >= 0.6 is 15.9 Å². The quantitative estimate of drug-likeness (QED) is 0.550. The molecule has 148 valence electrons. The van der Waals surface area contributed by atoms with Crippen LogP contribution in [-0.4, -0.2) is 49.6 Å². The van der Waals surface area contributed by atoms with Crippen LogP contribution in [0, 0.1) is 17.1 Å². The molecule has 28 heavy (non-hydrogen) atoms. The van der Waals surface area contributed by atoms with Crippen molar-refractivity contribution in [1.82, 2.24) is 5.32 Å². The Hall–Kier alpha value is -2.60. The molecule has 2 aliphatic heterocycles. The van der Waals surface area contributed by atoms with Crippen LogP contribution in [0.4, 0.5) is 20.6 Å². The van der Waals surface area contributed by atoms with Gasteiger partial charge in [-0.05, 0) is 31.0 Å². The molecule has 2 aliphatic rings. The van der Waals surface area contributed by atoms with Crippen LogP contribution in [0.5, 0.6) is 0 Å². The van der Waals surface area contributed by atoms with E-state index in [9.17, 15) is 14.0 Å². The SMILES string of the molecule is N#CC=C1CCN(c2ccc(N3CC(CNC(=O)CBr)OC3=O)cc2F)CC1. The largest absolute Gasteiger partial charge is 0.442 e. The number of carbonyl (C=O) groups is 2. The molecule has 0 spiro atoms. The summed E-state index contributed by atoms with van der Waals surface area (Å²) < 4.78 is 19.9.